The summed E-state index contributed by atoms with van der Waals surface area (Å²) in [6.07, 6.45) is 20.0. The van der Waals surface area contributed by atoms with Crippen molar-refractivity contribution in [1.82, 2.24) is 10.6 Å². The van der Waals surface area contributed by atoms with Crippen LogP contribution < -0.4 is 15.4 Å². The van der Waals surface area contributed by atoms with E-state index in [-0.39, 0.29) is 11.8 Å². The number of unbranched alkanes of at least 4 members (excludes halogenated alkanes) is 14. The predicted molar refractivity (Wildman–Crippen MR) is 152 cm³/mol. The Morgan fingerprint density at radius 3 is 1.64 bits per heavy atom. The first-order chi connectivity index (χ1) is 17.6. The number of carbonyl (C=O) groups is 2. The van der Waals surface area contributed by atoms with Crippen molar-refractivity contribution in [3.05, 3.63) is 29.3 Å². The summed E-state index contributed by atoms with van der Waals surface area (Å²) in [4.78, 5) is 25.6. The van der Waals surface area contributed by atoms with Crippen LogP contribution in [0.25, 0.3) is 0 Å². The highest BCUT2D eigenvalue weighted by Gasteiger charge is 2.16. The van der Waals surface area contributed by atoms with Crippen LogP contribution in [0, 0.1) is 0 Å². The van der Waals surface area contributed by atoms with Crippen molar-refractivity contribution in [3.63, 3.8) is 0 Å². The van der Waals surface area contributed by atoms with Gasteiger partial charge in [0.05, 0.1) is 12.2 Å². The van der Waals surface area contributed by atoms with E-state index in [4.69, 9.17) is 4.74 Å². The molecule has 1 aromatic rings. The van der Waals surface area contributed by atoms with Crippen molar-refractivity contribution in [2.75, 3.05) is 19.7 Å². The Morgan fingerprint density at radius 1 is 0.611 bits per heavy atom. The molecule has 0 heterocycles. The largest absolute Gasteiger partial charge is 0.493 e. The number of benzene rings is 1. The first-order valence-corrected chi connectivity index (χ1v) is 15.0. The van der Waals surface area contributed by atoms with Gasteiger partial charge in [0, 0.05) is 18.7 Å². The maximum absolute atomic E-state index is 12.9. The molecule has 1 rings (SSSR count). The van der Waals surface area contributed by atoms with Gasteiger partial charge in [-0.15, -0.1) is 0 Å². The Labute approximate surface area is 221 Å². The Kier molecular flexibility index (Phi) is 19.7. The number of hydrogen-bond acceptors (Lipinski definition) is 3. The molecule has 0 aliphatic heterocycles. The zero-order chi connectivity index (χ0) is 26.3. The van der Waals surface area contributed by atoms with Crippen LogP contribution >= 0.6 is 0 Å². The molecule has 0 fully saturated rings. The first-order valence-electron chi connectivity index (χ1n) is 15.0. The van der Waals surface area contributed by atoms with Crippen molar-refractivity contribution in [3.8, 4) is 5.75 Å². The molecule has 2 N–H and O–H groups in total. The molecule has 5 heteroatoms. The van der Waals surface area contributed by atoms with Gasteiger partial charge in [0.1, 0.15) is 5.75 Å². The number of ether oxygens (including phenoxy) is 1. The van der Waals surface area contributed by atoms with Crippen molar-refractivity contribution in [1.29, 1.82) is 0 Å². The molecule has 36 heavy (non-hydrogen) atoms. The first kappa shape index (κ1) is 32.0. The van der Waals surface area contributed by atoms with Gasteiger partial charge >= 0.3 is 0 Å². The van der Waals surface area contributed by atoms with E-state index in [1.165, 1.54) is 70.6 Å². The van der Waals surface area contributed by atoms with E-state index >= 15 is 0 Å². The standard InChI is InChI=1S/C31H54N2O3/c1-4-7-10-13-15-18-23-32-30(34)27-21-22-28(29(26-27)36-25-20-17-12-9-6-3)31(35)33-24-19-16-14-11-8-5-2/h21-22,26H,4-20,23-25H2,1-3H3,(H,32,34)(H,33,35). The predicted octanol–water partition coefficient (Wildman–Crippen LogP) is 8.22. The molecule has 0 saturated carbocycles. The Bertz CT molecular complexity index is 705. The van der Waals surface area contributed by atoms with Crippen LogP contribution in [0.15, 0.2) is 18.2 Å². The third kappa shape index (κ3) is 15.2. The highest BCUT2D eigenvalue weighted by molar-refractivity contribution is 6.00. The van der Waals surface area contributed by atoms with Crippen LogP contribution in [0.4, 0.5) is 0 Å². The molecule has 0 saturated heterocycles. The highest BCUT2D eigenvalue weighted by Crippen LogP contribution is 2.22. The molecule has 206 valence electrons. The minimum absolute atomic E-state index is 0.101. The lowest BCUT2D eigenvalue weighted by Crippen LogP contribution is -2.26. The zero-order valence-corrected chi connectivity index (χ0v) is 23.6. The number of carbonyl (C=O) groups excluding carboxylic acids is 2. The summed E-state index contributed by atoms with van der Waals surface area (Å²) in [7, 11) is 0. The summed E-state index contributed by atoms with van der Waals surface area (Å²) < 4.78 is 6.04. The van der Waals surface area contributed by atoms with Gasteiger partial charge in [-0.3, -0.25) is 9.59 Å². The summed E-state index contributed by atoms with van der Waals surface area (Å²) in [5, 5.41) is 6.06. The third-order valence-corrected chi connectivity index (χ3v) is 6.63. The second-order valence-electron chi connectivity index (χ2n) is 10.0. The molecule has 0 aliphatic carbocycles. The van der Waals surface area contributed by atoms with E-state index < -0.39 is 0 Å². The lowest BCUT2D eigenvalue weighted by Gasteiger charge is -2.14. The van der Waals surface area contributed by atoms with Crippen molar-refractivity contribution in [2.24, 2.45) is 0 Å². The van der Waals surface area contributed by atoms with E-state index in [0.29, 0.717) is 36.6 Å². The molecular weight excluding hydrogens is 448 g/mol. The quantitative estimate of drug-likeness (QED) is 0.148. The summed E-state index contributed by atoms with van der Waals surface area (Å²) in [6, 6.07) is 5.22. The fraction of sp³-hybridized carbons (Fsp3) is 0.742. The van der Waals surface area contributed by atoms with Crippen LogP contribution in [0.2, 0.25) is 0 Å². The molecule has 2 amide bonds. The number of nitrogens with one attached hydrogen (secondary N) is 2. The summed E-state index contributed by atoms with van der Waals surface area (Å²) in [6.45, 7) is 8.55. The summed E-state index contributed by atoms with van der Waals surface area (Å²) in [5.74, 6) is 0.289. The minimum atomic E-state index is -0.122. The SMILES string of the molecule is CCCCCCCCNC(=O)c1ccc(C(=O)NCCCCCCCC)c(OCCCCCCC)c1. The number of hydrogen-bond donors (Lipinski definition) is 2. The minimum Gasteiger partial charge on any atom is -0.493 e. The number of amides is 2. The van der Waals surface area contributed by atoms with Gasteiger partial charge in [-0.25, -0.2) is 0 Å². The van der Waals surface area contributed by atoms with Gasteiger partial charge in [0.15, 0.2) is 0 Å². The van der Waals surface area contributed by atoms with Crippen molar-refractivity contribution in [2.45, 2.75) is 130 Å². The second-order valence-corrected chi connectivity index (χ2v) is 10.0. The second kappa shape index (κ2) is 22.2. The normalized spacial score (nSPS) is 10.9. The Balaban J connectivity index is 2.63. The van der Waals surface area contributed by atoms with Gasteiger partial charge < -0.3 is 15.4 Å². The molecule has 0 aliphatic rings. The van der Waals surface area contributed by atoms with Crippen LogP contribution in [0.5, 0.6) is 5.75 Å². The van der Waals surface area contributed by atoms with Gasteiger partial charge in [0.2, 0.25) is 0 Å². The van der Waals surface area contributed by atoms with E-state index in [9.17, 15) is 9.59 Å². The third-order valence-electron chi connectivity index (χ3n) is 6.63. The fourth-order valence-electron chi connectivity index (χ4n) is 4.27. The average molecular weight is 503 g/mol. The van der Waals surface area contributed by atoms with Crippen LogP contribution in [0.3, 0.4) is 0 Å². The molecular formula is C31H54N2O3. The highest BCUT2D eigenvalue weighted by atomic mass is 16.5. The lowest BCUT2D eigenvalue weighted by atomic mass is 10.1. The lowest BCUT2D eigenvalue weighted by molar-refractivity contribution is 0.0937. The van der Waals surface area contributed by atoms with Gasteiger partial charge in [-0.05, 0) is 37.5 Å². The molecule has 1 aromatic carbocycles. The van der Waals surface area contributed by atoms with Crippen molar-refractivity contribution < 1.29 is 14.3 Å². The monoisotopic (exact) mass is 502 g/mol. The van der Waals surface area contributed by atoms with E-state index in [1.54, 1.807) is 18.2 Å². The maximum Gasteiger partial charge on any atom is 0.255 e. The van der Waals surface area contributed by atoms with Crippen LogP contribution in [-0.4, -0.2) is 31.5 Å². The molecule has 0 aromatic heterocycles. The summed E-state index contributed by atoms with van der Waals surface area (Å²) in [5.41, 5.74) is 1.07. The number of rotatable bonds is 23. The summed E-state index contributed by atoms with van der Waals surface area (Å²) >= 11 is 0. The van der Waals surface area contributed by atoms with Gasteiger partial charge in [-0.2, -0.15) is 0 Å². The fourth-order valence-corrected chi connectivity index (χ4v) is 4.27. The molecule has 0 unspecified atom stereocenters. The maximum atomic E-state index is 12.9. The zero-order valence-electron chi connectivity index (χ0n) is 23.6. The molecule has 0 bridgehead atoms. The van der Waals surface area contributed by atoms with E-state index in [0.717, 1.165) is 38.5 Å². The Morgan fingerprint density at radius 2 is 1.08 bits per heavy atom. The molecule has 0 radical (unpaired) electrons. The topological polar surface area (TPSA) is 67.4 Å². The molecule has 5 nitrogen and oxygen atoms in total. The van der Waals surface area contributed by atoms with E-state index in [2.05, 4.69) is 31.4 Å². The smallest absolute Gasteiger partial charge is 0.255 e. The molecule has 0 atom stereocenters. The van der Waals surface area contributed by atoms with Crippen molar-refractivity contribution >= 4 is 11.8 Å². The molecule has 0 spiro atoms. The Hall–Kier alpha value is -2.04. The average Bonchev–Trinajstić information content (AvgIpc) is 2.89. The van der Waals surface area contributed by atoms with E-state index in [1.807, 2.05) is 0 Å². The van der Waals surface area contributed by atoms with Gasteiger partial charge in [-0.1, -0.05) is 111 Å². The van der Waals surface area contributed by atoms with Gasteiger partial charge in [0.25, 0.3) is 11.8 Å². The van der Waals surface area contributed by atoms with Crippen LogP contribution in [0.1, 0.15) is 151 Å². The van der Waals surface area contributed by atoms with Crippen LogP contribution in [-0.2, 0) is 0 Å².